The van der Waals surface area contributed by atoms with E-state index in [1.54, 1.807) is 4.68 Å². The normalized spacial score (nSPS) is 10.4. The van der Waals surface area contributed by atoms with Gasteiger partial charge in [0.25, 0.3) is 0 Å². The van der Waals surface area contributed by atoms with Crippen molar-refractivity contribution in [2.75, 3.05) is 0 Å². The molecule has 0 radical (unpaired) electrons. The molecule has 0 aliphatic carbocycles. The lowest BCUT2D eigenvalue weighted by molar-refractivity contribution is 0.770. The maximum Gasteiger partial charge on any atom is 0.177 e. The van der Waals surface area contributed by atoms with E-state index in [1.165, 1.54) is 16.7 Å². The summed E-state index contributed by atoms with van der Waals surface area (Å²) >= 11 is 3.48. The second kappa shape index (κ2) is 4.58. The standard InChI is InChI=1S/C14H14BrN3/c1-8-5-9(2)12(10(3)6-8)14-13(15)11(7-16)17-18(14)4/h5-6H,1-4H3. The van der Waals surface area contributed by atoms with Gasteiger partial charge in [-0.2, -0.15) is 10.4 Å². The molecule has 0 fully saturated rings. The maximum atomic E-state index is 9.03. The Morgan fingerprint density at radius 1 is 1.22 bits per heavy atom. The molecule has 92 valence electrons. The van der Waals surface area contributed by atoms with Crippen molar-refractivity contribution in [3.8, 4) is 17.3 Å². The first-order chi connectivity index (χ1) is 8.45. The molecule has 0 amide bonds. The van der Waals surface area contributed by atoms with Gasteiger partial charge < -0.3 is 0 Å². The predicted molar refractivity (Wildman–Crippen MR) is 75.3 cm³/mol. The Labute approximate surface area is 115 Å². The molecule has 0 aliphatic heterocycles. The molecule has 0 aliphatic rings. The van der Waals surface area contributed by atoms with Crippen LogP contribution in [0, 0.1) is 32.1 Å². The van der Waals surface area contributed by atoms with Gasteiger partial charge in [-0.3, -0.25) is 4.68 Å². The fraction of sp³-hybridized carbons (Fsp3) is 0.286. The number of benzene rings is 1. The molecule has 4 heteroatoms. The minimum atomic E-state index is 0.423. The van der Waals surface area contributed by atoms with Crippen LogP contribution in [0.3, 0.4) is 0 Å². The average Bonchev–Trinajstić information content (AvgIpc) is 2.55. The molecule has 0 saturated heterocycles. The van der Waals surface area contributed by atoms with Crippen molar-refractivity contribution in [1.82, 2.24) is 9.78 Å². The quantitative estimate of drug-likeness (QED) is 0.807. The van der Waals surface area contributed by atoms with Crippen LogP contribution < -0.4 is 0 Å². The maximum absolute atomic E-state index is 9.03. The lowest BCUT2D eigenvalue weighted by Crippen LogP contribution is -1.98. The third-order valence-corrected chi connectivity index (χ3v) is 3.76. The zero-order valence-corrected chi connectivity index (χ0v) is 12.5. The number of hydrogen-bond donors (Lipinski definition) is 0. The molecule has 1 aromatic heterocycles. The Kier molecular flexibility index (Phi) is 3.27. The Balaban J connectivity index is 2.78. The van der Waals surface area contributed by atoms with Gasteiger partial charge in [-0.1, -0.05) is 17.7 Å². The number of aromatic nitrogens is 2. The molecular formula is C14H14BrN3. The Morgan fingerprint density at radius 3 is 2.22 bits per heavy atom. The van der Waals surface area contributed by atoms with Gasteiger partial charge >= 0.3 is 0 Å². The van der Waals surface area contributed by atoms with E-state index in [1.807, 2.05) is 7.05 Å². The third-order valence-electron chi connectivity index (χ3n) is 3.01. The SMILES string of the molecule is Cc1cc(C)c(-c2c(Br)c(C#N)nn2C)c(C)c1. The summed E-state index contributed by atoms with van der Waals surface area (Å²) in [6.45, 7) is 6.25. The molecule has 0 unspecified atom stereocenters. The molecule has 2 aromatic rings. The molecule has 0 spiro atoms. The first-order valence-corrected chi connectivity index (χ1v) is 6.45. The lowest BCUT2D eigenvalue weighted by Gasteiger charge is -2.12. The van der Waals surface area contributed by atoms with Crippen LogP contribution >= 0.6 is 15.9 Å². The summed E-state index contributed by atoms with van der Waals surface area (Å²) in [5.41, 5.74) is 6.16. The first kappa shape index (κ1) is 12.8. The fourth-order valence-corrected chi connectivity index (χ4v) is 3.02. The van der Waals surface area contributed by atoms with Crippen molar-refractivity contribution >= 4 is 15.9 Å². The van der Waals surface area contributed by atoms with Gasteiger partial charge in [0.05, 0.1) is 10.2 Å². The number of nitrogens with zero attached hydrogens (tertiary/aromatic N) is 3. The Hall–Kier alpha value is -1.60. The second-order valence-corrected chi connectivity index (χ2v) is 5.31. The van der Waals surface area contributed by atoms with Crippen LogP contribution in [0.2, 0.25) is 0 Å². The number of hydrogen-bond acceptors (Lipinski definition) is 2. The molecule has 0 N–H and O–H groups in total. The zero-order valence-electron chi connectivity index (χ0n) is 10.9. The molecule has 1 aromatic carbocycles. The molecule has 0 atom stereocenters. The van der Waals surface area contributed by atoms with Gasteiger partial charge in [0.15, 0.2) is 5.69 Å². The highest BCUT2D eigenvalue weighted by Gasteiger charge is 2.18. The fourth-order valence-electron chi connectivity index (χ4n) is 2.39. The molecule has 0 saturated carbocycles. The van der Waals surface area contributed by atoms with Gasteiger partial charge in [-0.15, -0.1) is 0 Å². The zero-order chi connectivity index (χ0) is 13.4. The van der Waals surface area contributed by atoms with Crippen LogP contribution in [0.5, 0.6) is 0 Å². The average molecular weight is 304 g/mol. The van der Waals surface area contributed by atoms with E-state index in [0.29, 0.717) is 5.69 Å². The van der Waals surface area contributed by atoms with E-state index in [-0.39, 0.29) is 0 Å². The van der Waals surface area contributed by atoms with Crippen molar-refractivity contribution in [3.05, 3.63) is 39.0 Å². The Bertz CT molecular complexity index is 639. The van der Waals surface area contributed by atoms with E-state index < -0.39 is 0 Å². The van der Waals surface area contributed by atoms with Crippen molar-refractivity contribution in [2.24, 2.45) is 7.05 Å². The van der Waals surface area contributed by atoms with Crippen LogP contribution in [0.25, 0.3) is 11.3 Å². The molecule has 18 heavy (non-hydrogen) atoms. The summed E-state index contributed by atoms with van der Waals surface area (Å²) in [6.07, 6.45) is 0. The van der Waals surface area contributed by atoms with E-state index in [0.717, 1.165) is 15.7 Å². The third kappa shape index (κ3) is 1.95. The number of nitriles is 1. The molecular weight excluding hydrogens is 290 g/mol. The predicted octanol–water partition coefficient (Wildman–Crippen LogP) is 3.65. The van der Waals surface area contributed by atoms with Gasteiger partial charge in [0.1, 0.15) is 6.07 Å². The van der Waals surface area contributed by atoms with Crippen LogP contribution in [-0.4, -0.2) is 9.78 Å². The summed E-state index contributed by atoms with van der Waals surface area (Å²) in [7, 11) is 1.86. The Morgan fingerprint density at radius 2 is 1.78 bits per heavy atom. The highest BCUT2D eigenvalue weighted by atomic mass is 79.9. The summed E-state index contributed by atoms with van der Waals surface area (Å²) in [6, 6.07) is 6.39. The van der Waals surface area contributed by atoms with E-state index in [4.69, 9.17) is 5.26 Å². The summed E-state index contributed by atoms with van der Waals surface area (Å²) < 4.78 is 2.52. The molecule has 1 heterocycles. The van der Waals surface area contributed by atoms with Crippen molar-refractivity contribution in [1.29, 1.82) is 5.26 Å². The highest BCUT2D eigenvalue weighted by molar-refractivity contribution is 9.10. The first-order valence-electron chi connectivity index (χ1n) is 5.66. The molecule has 2 rings (SSSR count). The summed E-state index contributed by atoms with van der Waals surface area (Å²) in [5.74, 6) is 0. The number of aryl methyl sites for hydroxylation is 4. The van der Waals surface area contributed by atoms with Crippen LogP contribution in [0.1, 0.15) is 22.4 Å². The van der Waals surface area contributed by atoms with Crippen molar-refractivity contribution in [2.45, 2.75) is 20.8 Å². The highest BCUT2D eigenvalue weighted by Crippen LogP contribution is 2.35. The van der Waals surface area contributed by atoms with Gasteiger partial charge in [-0.25, -0.2) is 0 Å². The van der Waals surface area contributed by atoms with Gasteiger partial charge in [-0.05, 0) is 47.8 Å². The number of rotatable bonds is 1. The number of halogens is 1. The van der Waals surface area contributed by atoms with Gasteiger partial charge in [0, 0.05) is 12.6 Å². The summed E-state index contributed by atoms with van der Waals surface area (Å²) in [4.78, 5) is 0. The van der Waals surface area contributed by atoms with Crippen LogP contribution in [0.15, 0.2) is 16.6 Å². The van der Waals surface area contributed by atoms with Crippen molar-refractivity contribution in [3.63, 3.8) is 0 Å². The second-order valence-electron chi connectivity index (χ2n) is 4.52. The molecule has 3 nitrogen and oxygen atoms in total. The van der Waals surface area contributed by atoms with E-state index in [9.17, 15) is 0 Å². The molecule has 0 bridgehead atoms. The summed E-state index contributed by atoms with van der Waals surface area (Å²) in [5, 5.41) is 13.2. The minimum Gasteiger partial charge on any atom is -0.265 e. The van der Waals surface area contributed by atoms with Crippen LogP contribution in [-0.2, 0) is 7.05 Å². The lowest BCUT2D eigenvalue weighted by atomic mass is 9.97. The van der Waals surface area contributed by atoms with Crippen molar-refractivity contribution < 1.29 is 0 Å². The smallest absolute Gasteiger partial charge is 0.177 e. The topological polar surface area (TPSA) is 41.6 Å². The monoisotopic (exact) mass is 303 g/mol. The van der Waals surface area contributed by atoms with Gasteiger partial charge in [0.2, 0.25) is 0 Å². The largest absolute Gasteiger partial charge is 0.265 e. The van der Waals surface area contributed by atoms with E-state index >= 15 is 0 Å². The minimum absolute atomic E-state index is 0.423. The van der Waals surface area contributed by atoms with Crippen LogP contribution in [0.4, 0.5) is 0 Å². The van der Waals surface area contributed by atoms with E-state index in [2.05, 4.69) is 60.0 Å².